The van der Waals surface area contributed by atoms with E-state index in [1.54, 1.807) is 11.6 Å². The van der Waals surface area contributed by atoms with Crippen molar-refractivity contribution in [3.8, 4) is 0 Å². The fraction of sp³-hybridized carbons (Fsp3) is 0.375. The minimum absolute atomic E-state index is 0.357. The van der Waals surface area contributed by atoms with Crippen LogP contribution in [0.2, 0.25) is 0 Å². The second kappa shape index (κ2) is 6.31. The highest BCUT2D eigenvalue weighted by Crippen LogP contribution is 2.25. The molecule has 0 saturated carbocycles. The number of imidazole rings is 1. The Morgan fingerprint density at radius 3 is 2.83 bits per heavy atom. The van der Waals surface area contributed by atoms with Gasteiger partial charge in [0.25, 0.3) is 0 Å². The Kier molecular flexibility index (Phi) is 4.20. The van der Waals surface area contributed by atoms with Crippen molar-refractivity contribution in [2.24, 2.45) is 0 Å². The number of carboxylic acid groups (broad SMARTS) is 1. The predicted molar refractivity (Wildman–Crippen MR) is 89.0 cm³/mol. The second-order valence-corrected chi connectivity index (χ2v) is 5.65. The summed E-state index contributed by atoms with van der Waals surface area (Å²) in [5.74, 6) is 0.660. The number of aromatic nitrogens is 3. The lowest BCUT2D eigenvalue weighted by Crippen LogP contribution is -2.33. The fourth-order valence-electron chi connectivity index (χ4n) is 2.85. The number of fused-ring (bicyclic) bond motifs is 1. The Hall–Kier alpha value is -2.90. The summed E-state index contributed by atoms with van der Waals surface area (Å²) in [4.78, 5) is 29.5. The largest absolute Gasteiger partial charge is 0.465 e. The van der Waals surface area contributed by atoms with Crippen LogP contribution in [0, 0.1) is 0 Å². The van der Waals surface area contributed by atoms with Gasteiger partial charge in [0.05, 0.1) is 11.4 Å². The Morgan fingerprint density at radius 1 is 1.46 bits per heavy atom. The number of hydrogen-bond acceptors (Lipinski definition) is 4. The first-order valence-corrected chi connectivity index (χ1v) is 7.79. The number of amides is 2. The van der Waals surface area contributed by atoms with E-state index in [9.17, 15) is 9.59 Å². The first-order chi connectivity index (χ1) is 11.5. The predicted octanol–water partition coefficient (Wildman–Crippen LogP) is 1.65. The van der Waals surface area contributed by atoms with Gasteiger partial charge in [-0.1, -0.05) is 13.0 Å². The Morgan fingerprint density at radius 2 is 2.25 bits per heavy atom. The molecular weight excluding hydrogens is 310 g/mol. The molecular formula is C16H19N5O3. The van der Waals surface area contributed by atoms with Crippen LogP contribution in [0.5, 0.6) is 0 Å². The van der Waals surface area contributed by atoms with Gasteiger partial charge in [0.1, 0.15) is 0 Å². The van der Waals surface area contributed by atoms with E-state index in [-0.39, 0.29) is 0 Å². The molecule has 3 rings (SSSR count). The number of carbonyl (C=O) groups excluding carboxylic acids is 1. The van der Waals surface area contributed by atoms with Crippen LogP contribution in [0.15, 0.2) is 18.2 Å². The smallest absolute Gasteiger partial charge is 0.407 e. The van der Waals surface area contributed by atoms with Gasteiger partial charge in [0.15, 0.2) is 11.5 Å². The lowest BCUT2D eigenvalue weighted by molar-refractivity contribution is -0.107. The van der Waals surface area contributed by atoms with Crippen molar-refractivity contribution in [3.05, 3.63) is 29.6 Å². The van der Waals surface area contributed by atoms with E-state index < -0.39 is 6.09 Å². The van der Waals surface area contributed by atoms with Crippen LogP contribution in [0.1, 0.15) is 24.7 Å². The van der Waals surface area contributed by atoms with Gasteiger partial charge < -0.3 is 14.9 Å². The molecule has 0 atom stereocenters. The van der Waals surface area contributed by atoms with E-state index in [1.807, 2.05) is 25.1 Å². The van der Waals surface area contributed by atoms with Gasteiger partial charge in [-0.3, -0.25) is 4.79 Å². The molecule has 8 heteroatoms. The highest BCUT2D eigenvalue weighted by molar-refractivity contribution is 5.76. The zero-order valence-electron chi connectivity index (χ0n) is 13.6. The highest BCUT2D eigenvalue weighted by Gasteiger charge is 2.20. The molecule has 2 aromatic heterocycles. The van der Waals surface area contributed by atoms with E-state index in [0.717, 1.165) is 23.4 Å². The summed E-state index contributed by atoms with van der Waals surface area (Å²) in [6.07, 6.45) is 3.01. The van der Waals surface area contributed by atoms with Crippen molar-refractivity contribution in [1.29, 1.82) is 0 Å². The standard InChI is InChI=1S/C16H19N5O3/c1-3-12-15(19(2)10-22)21-14(17-12)5-4-13(18-21)11-6-8-20(9-7-11)16(23)24/h4-6,10H,3,7-9H2,1-2H3,(H,23,24). The van der Waals surface area contributed by atoms with Gasteiger partial charge in [-0.05, 0) is 30.5 Å². The molecule has 2 aromatic rings. The number of hydrogen-bond donors (Lipinski definition) is 1. The summed E-state index contributed by atoms with van der Waals surface area (Å²) in [5.41, 5.74) is 3.26. The maximum Gasteiger partial charge on any atom is 0.407 e. The summed E-state index contributed by atoms with van der Waals surface area (Å²) in [5, 5.41) is 13.6. The molecule has 24 heavy (non-hydrogen) atoms. The molecule has 1 aliphatic rings. The van der Waals surface area contributed by atoms with Crippen LogP contribution < -0.4 is 4.90 Å². The van der Waals surface area contributed by atoms with Crippen molar-refractivity contribution in [2.45, 2.75) is 19.8 Å². The van der Waals surface area contributed by atoms with Crippen LogP contribution >= 0.6 is 0 Å². The van der Waals surface area contributed by atoms with Gasteiger partial charge >= 0.3 is 6.09 Å². The zero-order valence-corrected chi connectivity index (χ0v) is 13.6. The lowest BCUT2D eigenvalue weighted by Gasteiger charge is -2.23. The molecule has 0 aromatic carbocycles. The summed E-state index contributed by atoms with van der Waals surface area (Å²) in [6, 6.07) is 3.75. The third kappa shape index (κ3) is 2.70. The topological polar surface area (TPSA) is 91.0 Å². The molecule has 0 saturated heterocycles. The summed E-state index contributed by atoms with van der Waals surface area (Å²) >= 11 is 0. The van der Waals surface area contributed by atoms with Gasteiger partial charge in [0.2, 0.25) is 6.41 Å². The Bertz CT molecular complexity index is 826. The summed E-state index contributed by atoms with van der Waals surface area (Å²) in [6.45, 7) is 2.79. The van der Waals surface area contributed by atoms with Crippen LogP contribution in [0.25, 0.3) is 11.2 Å². The maximum atomic E-state index is 11.2. The molecule has 0 spiro atoms. The lowest BCUT2D eigenvalue weighted by atomic mass is 10.1. The van der Waals surface area contributed by atoms with E-state index in [2.05, 4.69) is 10.1 Å². The van der Waals surface area contributed by atoms with Crippen molar-refractivity contribution < 1.29 is 14.7 Å². The zero-order chi connectivity index (χ0) is 17.3. The summed E-state index contributed by atoms with van der Waals surface area (Å²) < 4.78 is 1.67. The normalized spacial score (nSPS) is 14.6. The first kappa shape index (κ1) is 16.0. The third-order valence-corrected chi connectivity index (χ3v) is 4.16. The molecule has 0 bridgehead atoms. The minimum Gasteiger partial charge on any atom is -0.465 e. The van der Waals surface area contributed by atoms with Crippen LogP contribution in [0.4, 0.5) is 10.6 Å². The molecule has 8 nitrogen and oxygen atoms in total. The summed E-state index contributed by atoms with van der Waals surface area (Å²) in [7, 11) is 1.68. The molecule has 126 valence electrons. The van der Waals surface area contributed by atoms with Crippen LogP contribution in [0.3, 0.4) is 0 Å². The first-order valence-electron chi connectivity index (χ1n) is 7.79. The number of aryl methyl sites for hydroxylation is 1. The molecule has 3 heterocycles. The molecule has 0 unspecified atom stereocenters. The van der Waals surface area contributed by atoms with E-state index in [1.165, 1.54) is 9.80 Å². The van der Waals surface area contributed by atoms with Crippen LogP contribution in [-0.4, -0.2) is 57.2 Å². The Balaban J connectivity index is 2.02. The average molecular weight is 329 g/mol. The minimum atomic E-state index is -0.911. The van der Waals surface area contributed by atoms with Crippen molar-refractivity contribution >= 4 is 29.5 Å². The molecule has 2 amide bonds. The van der Waals surface area contributed by atoms with E-state index >= 15 is 0 Å². The molecule has 0 fully saturated rings. The van der Waals surface area contributed by atoms with Gasteiger partial charge in [0, 0.05) is 20.1 Å². The van der Waals surface area contributed by atoms with Crippen LogP contribution in [-0.2, 0) is 11.2 Å². The number of anilines is 1. The fourth-order valence-corrected chi connectivity index (χ4v) is 2.85. The molecule has 1 aliphatic heterocycles. The van der Waals surface area contributed by atoms with Gasteiger partial charge in [-0.15, -0.1) is 0 Å². The quantitative estimate of drug-likeness (QED) is 0.861. The molecule has 0 aliphatic carbocycles. The number of nitrogens with zero attached hydrogens (tertiary/aromatic N) is 5. The maximum absolute atomic E-state index is 11.2. The molecule has 0 radical (unpaired) electrons. The van der Waals surface area contributed by atoms with Crippen molar-refractivity contribution in [1.82, 2.24) is 19.5 Å². The van der Waals surface area contributed by atoms with Gasteiger partial charge in [-0.25, -0.2) is 9.78 Å². The van der Waals surface area contributed by atoms with Gasteiger partial charge in [-0.2, -0.15) is 9.61 Å². The number of carbonyl (C=O) groups is 2. The average Bonchev–Trinajstić information content (AvgIpc) is 2.98. The number of rotatable bonds is 4. The molecule has 1 N–H and O–H groups in total. The second-order valence-electron chi connectivity index (χ2n) is 5.65. The SMILES string of the molecule is CCc1nc2ccc(C3=CCN(C(=O)O)CC3)nn2c1N(C)C=O. The van der Waals surface area contributed by atoms with Crippen molar-refractivity contribution in [3.63, 3.8) is 0 Å². The van der Waals surface area contributed by atoms with E-state index in [0.29, 0.717) is 37.4 Å². The highest BCUT2D eigenvalue weighted by atomic mass is 16.4. The Labute approximate surface area is 139 Å². The third-order valence-electron chi connectivity index (χ3n) is 4.16. The monoisotopic (exact) mass is 329 g/mol. The van der Waals surface area contributed by atoms with E-state index in [4.69, 9.17) is 5.11 Å². The van der Waals surface area contributed by atoms with Crippen molar-refractivity contribution in [2.75, 3.05) is 25.0 Å².